The Kier molecular flexibility index (Phi) is 4.97. The molecule has 7 heteroatoms. The van der Waals surface area contributed by atoms with Crippen LogP contribution in [0.4, 0.5) is 5.95 Å². The molecule has 0 saturated carbocycles. The van der Waals surface area contributed by atoms with E-state index in [9.17, 15) is 0 Å². The Balaban J connectivity index is 1.90. The quantitative estimate of drug-likeness (QED) is 0.841. The van der Waals surface area contributed by atoms with Crippen LogP contribution in [0.5, 0.6) is 6.01 Å². The summed E-state index contributed by atoms with van der Waals surface area (Å²) < 4.78 is 10.6. The summed E-state index contributed by atoms with van der Waals surface area (Å²) in [4.78, 5) is 12.0. The topological polar surface area (TPSA) is 73.1 Å². The first-order valence-electron chi connectivity index (χ1n) is 6.08. The highest BCUT2D eigenvalue weighted by atomic mass is 35.5. The second-order valence-electron chi connectivity index (χ2n) is 3.82. The maximum absolute atomic E-state index is 5.81. The van der Waals surface area contributed by atoms with Gasteiger partial charge in [-0.2, -0.15) is 15.0 Å². The predicted octanol–water partition coefficient (Wildman–Crippen LogP) is 2.56. The molecule has 0 fully saturated rings. The number of anilines is 1. The molecule has 0 aliphatic rings. The van der Waals surface area contributed by atoms with Gasteiger partial charge in [-0.15, -0.1) is 0 Å². The third-order valence-electron chi connectivity index (χ3n) is 2.26. The molecule has 0 atom stereocenters. The van der Waals surface area contributed by atoms with Crippen LogP contribution in [0.2, 0.25) is 5.28 Å². The molecule has 2 aromatic heterocycles. The van der Waals surface area contributed by atoms with E-state index in [2.05, 4.69) is 20.3 Å². The van der Waals surface area contributed by atoms with Crippen molar-refractivity contribution in [1.29, 1.82) is 0 Å². The highest BCUT2D eigenvalue weighted by molar-refractivity contribution is 6.28. The third kappa shape index (κ3) is 4.40. The Hall–Kier alpha value is -1.82. The summed E-state index contributed by atoms with van der Waals surface area (Å²) in [5, 5.41) is 3.17. The number of rotatable bonds is 7. The van der Waals surface area contributed by atoms with Crippen molar-refractivity contribution in [1.82, 2.24) is 15.0 Å². The van der Waals surface area contributed by atoms with Crippen molar-refractivity contribution >= 4 is 17.5 Å². The first kappa shape index (κ1) is 13.6. The van der Waals surface area contributed by atoms with Gasteiger partial charge in [0, 0.05) is 13.0 Å². The van der Waals surface area contributed by atoms with Crippen LogP contribution >= 0.6 is 11.6 Å². The molecular formula is C12H15ClN4O2. The van der Waals surface area contributed by atoms with Crippen molar-refractivity contribution in [2.75, 3.05) is 18.5 Å². The fraction of sp³-hybridized carbons (Fsp3) is 0.417. The van der Waals surface area contributed by atoms with Crippen LogP contribution in [-0.2, 0) is 6.42 Å². The number of hydrogen-bond donors (Lipinski definition) is 1. The summed E-state index contributed by atoms with van der Waals surface area (Å²) in [6.07, 6.45) is 3.26. The highest BCUT2D eigenvalue weighted by Crippen LogP contribution is 2.11. The molecule has 0 aliphatic heterocycles. The minimum atomic E-state index is 0.113. The van der Waals surface area contributed by atoms with Crippen LogP contribution in [0.1, 0.15) is 19.1 Å². The standard InChI is InChI=1S/C12H15ClN4O2/c1-2-7-19-12-16-10(13)15-11(17-12)14-6-5-9-4-3-8-18-9/h3-4,8H,2,5-7H2,1H3,(H,14,15,16,17). The third-order valence-corrected chi connectivity index (χ3v) is 2.43. The zero-order chi connectivity index (χ0) is 13.5. The van der Waals surface area contributed by atoms with Crippen LogP contribution in [0.15, 0.2) is 22.8 Å². The van der Waals surface area contributed by atoms with Crippen molar-refractivity contribution in [3.8, 4) is 6.01 Å². The first-order valence-corrected chi connectivity index (χ1v) is 6.46. The number of nitrogens with zero attached hydrogens (tertiary/aromatic N) is 3. The van der Waals surface area contributed by atoms with Crippen molar-refractivity contribution in [2.24, 2.45) is 0 Å². The largest absolute Gasteiger partial charge is 0.469 e. The second kappa shape index (κ2) is 6.94. The van der Waals surface area contributed by atoms with Crippen LogP contribution in [0.25, 0.3) is 0 Å². The molecule has 2 heterocycles. The van der Waals surface area contributed by atoms with Gasteiger partial charge in [-0.05, 0) is 30.2 Å². The van der Waals surface area contributed by atoms with Crippen LogP contribution in [0.3, 0.4) is 0 Å². The lowest BCUT2D eigenvalue weighted by atomic mass is 10.3. The summed E-state index contributed by atoms with van der Waals surface area (Å²) in [6, 6.07) is 4.01. The zero-order valence-electron chi connectivity index (χ0n) is 10.6. The summed E-state index contributed by atoms with van der Waals surface area (Å²) in [6.45, 7) is 3.19. The Labute approximate surface area is 116 Å². The fourth-order valence-electron chi connectivity index (χ4n) is 1.42. The van der Waals surface area contributed by atoms with Gasteiger partial charge in [0.05, 0.1) is 12.9 Å². The molecule has 0 spiro atoms. The Morgan fingerprint density at radius 1 is 1.37 bits per heavy atom. The van der Waals surface area contributed by atoms with E-state index in [1.165, 1.54) is 0 Å². The van der Waals surface area contributed by atoms with Gasteiger partial charge in [-0.25, -0.2) is 0 Å². The van der Waals surface area contributed by atoms with Gasteiger partial charge < -0.3 is 14.5 Å². The van der Waals surface area contributed by atoms with Crippen molar-refractivity contribution < 1.29 is 9.15 Å². The normalized spacial score (nSPS) is 10.4. The lowest BCUT2D eigenvalue weighted by Crippen LogP contribution is -2.10. The summed E-state index contributed by atoms with van der Waals surface area (Å²) in [5.41, 5.74) is 0. The molecule has 0 bridgehead atoms. The number of nitrogens with one attached hydrogen (secondary N) is 1. The molecule has 0 aliphatic carbocycles. The van der Waals surface area contributed by atoms with E-state index in [4.69, 9.17) is 20.8 Å². The molecule has 2 aromatic rings. The summed E-state index contributed by atoms with van der Waals surface area (Å²) in [5.74, 6) is 1.30. The molecule has 19 heavy (non-hydrogen) atoms. The molecule has 6 nitrogen and oxygen atoms in total. The fourth-order valence-corrected chi connectivity index (χ4v) is 1.57. The van der Waals surface area contributed by atoms with Crippen LogP contribution < -0.4 is 10.1 Å². The van der Waals surface area contributed by atoms with Gasteiger partial charge in [0.25, 0.3) is 0 Å². The molecule has 0 saturated heterocycles. The van der Waals surface area contributed by atoms with Crippen molar-refractivity contribution in [2.45, 2.75) is 19.8 Å². The van der Waals surface area contributed by atoms with E-state index in [0.29, 0.717) is 19.1 Å². The van der Waals surface area contributed by atoms with Gasteiger partial charge in [0.15, 0.2) is 0 Å². The zero-order valence-corrected chi connectivity index (χ0v) is 11.4. The Morgan fingerprint density at radius 2 is 2.26 bits per heavy atom. The molecule has 0 unspecified atom stereocenters. The van der Waals surface area contributed by atoms with E-state index in [-0.39, 0.29) is 11.3 Å². The smallest absolute Gasteiger partial charge is 0.322 e. The number of halogens is 1. The molecule has 102 valence electrons. The molecule has 0 radical (unpaired) electrons. The Morgan fingerprint density at radius 3 is 3.00 bits per heavy atom. The maximum Gasteiger partial charge on any atom is 0.322 e. The van der Waals surface area contributed by atoms with Crippen LogP contribution in [0, 0.1) is 0 Å². The number of ether oxygens (including phenoxy) is 1. The van der Waals surface area contributed by atoms with Gasteiger partial charge in [0.2, 0.25) is 11.2 Å². The van der Waals surface area contributed by atoms with Gasteiger partial charge in [-0.3, -0.25) is 0 Å². The minimum absolute atomic E-state index is 0.113. The average Bonchev–Trinajstić information content (AvgIpc) is 2.89. The second-order valence-corrected chi connectivity index (χ2v) is 4.15. The number of aromatic nitrogens is 3. The SMILES string of the molecule is CCCOc1nc(Cl)nc(NCCc2ccco2)n1. The average molecular weight is 283 g/mol. The maximum atomic E-state index is 5.81. The van der Waals surface area contributed by atoms with E-state index in [1.54, 1.807) is 6.26 Å². The number of hydrogen-bond acceptors (Lipinski definition) is 6. The van der Waals surface area contributed by atoms with Crippen LogP contribution in [-0.4, -0.2) is 28.1 Å². The van der Waals surface area contributed by atoms with Gasteiger partial charge in [0.1, 0.15) is 5.76 Å². The van der Waals surface area contributed by atoms with Crippen molar-refractivity contribution in [3.63, 3.8) is 0 Å². The lowest BCUT2D eigenvalue weighted by Gasteiger charge is -2.06. The molecular weight excluding hydrogens is 268 g/mol. The molecule has 2 rings (SSSR count). The summed E-state index contributed by atoms with van der Waals surface area (Å²) in [7, 11) is 0. The van der Waals surface area contributed by atoms with Gasteiger partial charge >= 0.3 is 6.01 Å². The van der Waals surface area contributed by atoms with Gasteiger partial charge in [-0.1, -0.05) is 6.92 Å². The van der Waals surface area contributed by atoms with Crippen molar-refractivity contribution in [3.05, 3.63) is 29.4 Å². The first-order chi connectivity index (χ1) is 9.28. The number of furan rings is 1. The summed E-state index contributed by atoms with van der Waals surface area (Å²) >= 11 is 5.81. The molecule has 0 amide bonds. The monoisotopic (exact) mass is 282 g/mol. The van der Waals surface area contributed by atoms with E-state index >= 15 is 0 Å². The lowest BCUT2D eigenvalue weighted by molar-refractivity contribution is 0.291. The van der Waals surface area contributed by atoms with E-state index < -0.39 is 0 Å². The minimum Gasteiger partial charge on any atom is -0.469 e. The predicted molar refractivity (Wildman–Crippen MR) is 71.5 cm³/mol. The molecule has 1 N–H and O–H groups in total. The van der Waals surface area contributed by atoms with E-state index in [1.807, 2.05) is 19.1 Å². The Bertz CT molecular complexity index is 504. The molecule has 0 aromatic carbocycles. The van der Waals surface area contributed by atoms with E-state index in [0.717, 1.165) is 18.6 Å². The highest BCUT2D eigenvalue weighted by Gasteiger charge is 2.05.